The minimum atomic E-state index is -0.380. The number of carbonyl (C=O) groups excluding carboxylic acids is 1. The van der Waals surface area contributed by atoms with Crippen LogP contribution in [0.3, 0.4) is 0 Å². The van der Waals surface area contributed by atoms with Gasteiger partial charge in [0, 0.05) is 0 Å². The van der Waals surface area contributed by atoms with Gasteiger partial charge in [-0.1, -0.05) is 34.8 Å². The van der Waals surface area contributed by atoms with Gasteiger partial charge in [0.05, 0.1) is 5.02 Å². The van der Waals surface area contributed by atoms with Crippen LogP contribution in [0.4, 0.5) is 5.82 Å². The molecule has 2 heterocycles. The summed E-state index contributed by atoms with van der Waals surface area (Å²) in [4.78, 5) is 19.9. The maximum Gasteiger partial charge on any atom is 0.268 e. The van der Waals surface area contributed by atoms with Crippen molar-refractivity contribution in [2.24, 2.45) is 0 Å². The van der Waals surface area contributed by atoms with Crippen molar-refractivity contribution in [1.82, 2.24) is 9.97 Å². The molecule has 0 aliphatic heterocycles. The molecule has 18 heavy (non-hydrogen) atoms. The lowest BCUT2D eigenvalue weighted by Crippen LogP contribution is -2.12. The zero-order chi connectivity index (χ0) is 13.3. The van der Waals surface area contributed by atoms with Crippen molar-refractivity contribution in [2.45, 2.75) is 6.92 Å². The van der Waals surface area contributed by atoms with Gasteiger partial charge in [-0.25, -0.2) is 9.97 Å². The highest BCUT2D eigenvalue weighted by atomic mass is 35.5. The molecule has 0 bridgehead atoms. The third-order valence-electron chi connectivity index (χ3n) is 2.08. The van der Waals surface area contributed by atoms with E-state index in [0.29, 0.717) is 9.90 Å². The summed E-state index contributed by atoms with van der Waals surface area (Å²) in [7, 11) is 0. The first kappa shape index (κ1) is 13.5. The van der Waals surface area contributed by atoms with Crippen molar-refractivity contribution >= 4 is 57.9 Å². The molecule has 0 atom stereocenters. The Morgan fingerprint density at radius 3 is 2.61 bits per heavy atom. The number of nitrogens with one attached hydrogen (secondary N) is 1. The monoisotopic (exact) mass is 321 g/mol. The van der Waals surface area contributed by atoms with Crippen molar-refractivity contribution in [3.8, 4) is 0 Å². The molecule has 0 radical (unpaired) electrons. The van der Waals surface area contributed by atoms with E-state index in [1.54, 1.807) is 5.38 Å². The highest BCUT2D eigenvalue weighted by Crippen LogP contribution is 2.30. The molecule has 94 valence electrons. The molecule has 0 fully saturated rings. The van der Waals surface area contributed by atoms with Crippen LogP contribution in [0.1, 0.15) is 15.2 Å². The second-order valence-corrected chi connectivity index (χ2v) is 5.34. The Morgan fingerprint density at radius 2 is 2.00 bits per heavy atom. The van der Waals surface area contributed by atoms with Crippen molar-refractivity contribution in [3.63, 3.8) is 0 Å². The molecule has 2 rings (SSSR count). The average molecular weight is 323 g/mol. The van der Waals surface area contributed by atoms with Crippen molar-refractivity contribution in [2.75, 3.05) is 5.32 Å². The van der Waals surface area contributed by atoms with E-state index in [-0.39, 0.29) is 21.9 Å². The lowest BCUT2D eigenvalue weighted by molar-refractivity contribution is 0.103. The Balaban J connectivity index is 2.27. The van der Waals surface area contributed by atoms with Gasteiger partial charge in [0.1, 0.15) is 16.2 Å². The number of hydrogen-bond donors (Lipinski definition) is 1. The van der Waals surface area contributed by atoms with E-state index >= 15 is 0 Å². The Labute approximate surface area is 122 Å². The predicted molar refractivity (Wildman–Crippen MR) is 74.1 cm³/mol. The standard InChI is InChI=1S/C10H6Cl3N3OS/c1-4-2-18-7(5(4)11)10(17)16-9-6(12)8(13)14-3-15-9/h2-3H,1H3,(H,14,15,16,17). The van der Waals surface area contributed by atoms with Crippen LogP contribution in [-0.4, -0.2) is 15.9 Å². The smallest absolute Gasteiger partial charge is 0.268 e. The number of aryl methyl sites for hydroxylation is 1. The fourth-order valence-electron chi connectivity index (χ4n) is 1.18. The molecule has 0 saturated carbocycles. The van der Waals surface area contributed by atoms with Gasteiger partial charge in [0.25, 0.3) is 5.91 Å². The maximum atomic E-state index is 12.0. The number of hydrogen-bond acceptors (Lipinski definition) is 4. The second kappa shape index (κ2) is 5.40. The average Bonchev–Trinajstić information content (AvgIpc) is 2.66. The van der Waals surface area contributed by atoms with Crippen LogP contribution < -0.4 is 5.32 Å². The van der Waals surface area contributed by atoms with Crippen molar-refractivity contribution < 1.29 is 4.79 Å². The van der Waals surface area contributed by atoms with E-state index in [0.717, 1.165) is 5.56 Å². The minimum Gasteiger partial charge on any atom is -0.304 e. The Hall–Kier alpha value is -0.880. The predicted octanol–water partition coefficient (Wildman–Crippen LogP) is 4.06. The van der Waals surface area contributed by atoms with Gasteiger partial charge in [-0.2, -0.15) is 0 Å². The summed E-state index contributed by atoms with van der Waals surface area (Å²) in [5.74, 6) is -0.224. The highest BCUT2D eigenvalue weighted by molar-refractivity contribution is 7.13. The van der Waals surface area contributed by atoms with Crippen LogP contribution in [0, 0.1) is 6.92 Å². The molecule has 1 amide bonds. The summed E-state index contributed by atoms with van der Waals surface area (Å²) in [6.45, 7) is 1.82. The molecule has 2 aromatic rings. The van der Waals surface area contributed by atoms with Crippen molar-refractivity contribution in [3.05, 3.63) is 37.3 Å². The van der Waals surface area contributed by atoms with Gasteiger partial charge in [-0.05, 0) is 17.9 Å². The van der Waals surface area contributed by atoms with E-state index in [1.165, 1.54) is 17.7 Å². The summed E-state index contributed by atoms with van der Waals surface area (Å²) in [5.41, 5.74) is 0.846. The van der Waals surface area contributed by atoms with Crippen LogP contribution in [0.2, 0.25) is 15.2 Å². The number of anilines is 1. The van der Waals surface area contributed by atoms with Gasteiger partial charge >= 0.3 is 0 Å². The third-order valence-corrected chi connectivity index (χ3v) is 4.52. The first-order chi connectivity index (χ1) is 8.50. The number of aromatic nitrogens is 2. The van der Waals surface area contributed by atoms with Gasteiger partial charge in [0.2, 0.25) is 0 Å². The summed E-state index contributed by atoms with van der Waals surface area (Å²) >= 11 is 18.8. The number of carbonyl (C=O) groups is 1. The van der Waals surface area contributed by atoms with E-state index < -0.39 is 0 Å². The minimum absolute atomic E-state index is 0.0791. The summed E-state index contributed by atoms with van der Waals surface area (Å²) in [6, 6.07) is 0. The zero-order valence-corrected chi connectivity index (χ0v) is 12.1. The number of halogens is 3. The summed E-state index contributed by atoms with van der Waals surface area (Å²) < 4.78 is 0. The molecule has 0 aliphatic rings. The van der Waals surface area contributed by atoms with Crippen LogP contribution in [-0.2, 0) is 0 Å². The van der Waals surface area contributed by atoms with Gasteiger partial charge in [-0.15, -0.1) is 11.3 Å². The molecule has 0 aromatic carbocycles. The van der Waals surface area contributed by atoms with E-state index in [9.17, 15) is 4.79 Å². The van der Waals surface area contributed by atoms with Gasteiger partial charge < -0.3 is 5.32 Å². The lowest BCUT2D eigenvalue weighted by Gasteiger charge is -2.05. The molecule has 4 nitrogen and oxygen atoms in total. The molecule has 8 heteroatoms. The molecule has 0 aliphatic carbocycles. The van der Waals surface area contributed by atoms with Crippen molar-refractivity contribution in [1.29, 1.82) is 0 Å². The fraction of sp³-hybridized carbons (Fsp3) is 0.100. The Kier molecular flexibility index (Phi) is 4.07. The molecular weight excluding hydrogens is 317 g/mol. The second-order valence-electron chi connectivity index (χ2n) is 3.34. The van der Waals surface area contributed by atoms with Crippen LogP contribution in [0.5, 0.6) is 0 Å². The van der Waals surface area contributed by atoms with E-state index in [2.05, 4.69) is 15.3 Å². The van der Waals surface area contributed by atoms with Crippen LogP contribution in [0.15, 0.2) is 11.7 Å². The molecule has 0 unspecified atom stereocenters. The van der Waals surface area contributed by atoms with Gasteiger partial charge in [-0.3, -0.25) is 4.79 Å². The maximum absolute atomic E-state index is 12.0. The number of nitrogens with zero attached hydrogens (tertiary/aromatic N) is 2. The van der Waals surface area contributed by atoms with E-state index in [1.807, 2.05) is 6.92 Å². The number of amides is 1. The zero-order valence-electron chi connectivity index (χ0n) is 9.00. The Morgan fingerprint density at radius 1 is 1.28 bits per heavy atom. The SMILES string of the molecule is Cc1csc(C(=O)Nc2ncnc(Cl)c2Cl)c1Cl. The van der Waals surface area contributed by atoms with Gasteiger partial charge in [0.15, 0.2) is 11.0 Å². The normalized spacial score (nSPS) is 10.4. The summed E-state index contributed by atoms with van der Waals surface area (Å²) in [6.07, 6.45) is 1.21. The lowest BCUT2D eigenvalue weighted by atomic mass is 10.3. The topological polar surface area (TPSA) is 54.9 Å². The molecule has 0 saturated heterocycles. The Bertz CT molecular complexity index is 614. The molecule has 0 spiro atoms. The third kappa shape index (κ3) is 2.59. The largest absolute Gasteiger partial charge is 0.304 e. The number of thiophene rings is 1. The number of rotatable bonds is 2. The molecule has 2 aromatic heterocycles. The van der Waals surface area contributed by atoms with Crippen LogP contribution >= 0.6 is 46.1 Å². The fourth-order valence-corrected chi connectivity index (χ4v) is 2.63. The highest BCUT2D eigenvalue weighted by Gasteiger charge is 2.17. The van der Waals surface area contributed by atoms with Crippen LogP contribution in [0.25, 0.3) is 0 Å². The first-order valence-electron chi connectivity index (χ1n) is 4.71. The summed E-state index contributed by atoms with van der Waals surface area (Å²) in [5, 5.41) is 4.94. The molecule has 1 N–H and O–H groups in total. The quantitative estimate of drug-likeness (QED) is 0.848. The first-order valence-corrected chi connectivity index (χ1v) is 6.73. The molecular formula is C10H6Cl3N3OS. The van der Waals surface area contributed by atoms with E-state index in [4.69, 9.17) is 34.8 Å².